The maximum atomic E-state index is 12.0. The number of rotatable bonds is 5. The number of imidazole rings is 1. The SMILES string of the molecule is CC(Cn1ccnc1)NC(=O)[C@H](N)c1ccccc1. The van der Waals surface area contributed by atoms with Crippen LogP contribution in [-0.2, 0) is 11.3 Å². The molecular formula is C14H18N4O. The van der Waals surface area contributed by atoms with Gasteiger partial charge in [-0.2, -0.15) is 0 Å². The molecule has 0 aliphatic rings. The summed E-state index contributed by atoms with van der Waals surface area (Å²) in [5, 5.41) is 2.90. The van der Waals surface area contributed by atoms with Gasteiger partial charge in [-0.15, -0.1) is 0 Å². The van der Waals surface area contributed by atoms with Crippen molar-refractivity contribution >= 4 is 5.91 Å². The molecule has 5 heteroatoms. The van der Waals surface area contributed by atoms with Crippen LogP contribution in [0.4, 0.5) is 0 Å². The molecule has 1 aromatic carbocycles. The third-order valence-corrected chi connectivity index (χ3v) is 2.87. The number of amides is 1. The summed E-state index contributed by atoms with van der Waals surface area (Å²) in [6, 6.07) is 8.71. The molecule has 2 rings (SSSR count). The van der Waals surface area contributed by atoms with Crippen LogP contribution in [0, 0.1) is 0 Å². The zero-order valence-corrected chi connectivity index (χ0v) is 10.9. The van der Waals surface area contributed by atoms with E-state index in [9.17, 15) is 4.79 Å². The van der Waals surface area contributed by atoms with Crippen molar-refractivity contribution in [3.8, 4) is 0 Å². The van der Waals surface area contributed by atoms with E-state index in [2.05, 4.69) is 10.3 Å². The first-order valence-corrected chi connectivity index (χ1v) is 6.23. The lowest BCUT2D eigenvalue weighted by atomic mass is 10.1. The average Bonchev–Trinajstić information content (AvgIpc) is 2.91. The summed E-state index contributed by atoms with van der Waals surface area (Å²) in [5.74, 6) is -0.168. The number of benzene rings is 1. The Morgan fingerprint density at radius 3 is 2.79 bits per heavy atom. The summed E-state index contributed by atoms with van der Waals surface area (Å²) in [6.07, 6.45) is 5.30. The Hall–Kier alpha value is -2.14. The highest BCUT2D eigenvalue weighted by molar-refractivity contribution is 5.83. The van der Waals surface area contributed by atoms with E-state index in [-0.39, 0.29) is 11.9 Å². The first-order chi connectivity index (χ1) is 9.16. The zero-order valence-electron chi connectivity index (χ0n) is 10.9. The van der Waals surface area contributed by atoms with E-state index in [0.717, 1.165) is 5.56 Å². The van der Waals surface area contributed by atoms with Crippen LogP contribution in [0.3, 0.4) is 0 Å². The van der Waals surface area contributed by atoms with Crippen LogP contribution in [0.2, 0.25) is 0 Å². The van der Waals surface area contributed by atoms with E-state index in [1.54, 1.807) is 12.5 Å². The molecule has 0 bridgehead atoms. The monoisotopic (exact) mass is 258 g/mol. The summed E-state index contributed by atoms with van der Waals surface area (Å²) in [5.41, 5.74) is 6.74. The van der Waals surface area contributed by atoms with Gasteiger partial charge in [-0.25, -0.2) is 4.98 Å². The van der Waals surface area contributed by atoms with Gasteiger partial charge in [-0.1, -0.05) is 30.3 Å². The van der Waals surface area contributed by atoms with Crippen molar-refractivity contribution in [1.82, 2.24) is 14.9 Å². The number of carbonyl (C=O) groups excluding carboxylic acids is 1. The zero-order chi connectivity index (χ0) is 13.7. The molecule has 2 atom stereocenters. The average molecular weight is 258 g/mol. The lowest BCUT2D eigenvalue weighted by molar-refractivity contribution is -0.123. The largest absolute Gasteiger partial charge is 0.350 e. The Balaban J connectivity index is 1.90. The van der Waals surface area contributed by atoms with Gasteiger partial charge >= 0.3 is 0 Å². The molecule has 5 nitrogen and oxygen atoms in total. The van der Waals surface area contributed by atoms with E-state index in [4.69, 9.17) is 5.73 Å². The fraction of sp³-hybridized carbons (Fsp3) is 0.286. The summed E-state index contributed by atoms with van der Waals surface area (Å²) >= 11 is 0. The third kappa shape index (κ3) is 3.66. The Kier molecular flexibility index (Phi) is 4.30. The van der Waals surface area contributed by atoms with Crippen molar-refractivity contribution in [2.24, 2.45) is 5.73 Å². The Morgan fingerprint density at radius 1 is 1.42 bits per heavy atom. The summed E-state index contributed by atoms with van der Waals surface area (Å²) in [7, 11) is 0. The fourth-order valence-electron chi connectivity index (χ4n) is 1.90. The number of nitrogens with zero attached hydrogens (tertiary/aromatic N) is 2. The highest BCUT2D eigenvalue weighted by atomic mass is 16.2. The predicted molar refractivity (Wildman–Crippen MR) is 73.2 cm³/mol. The number of carbonyl (C=O) groups is 1. The van der Waals surface area contributed by atoms with Gasteiger partial charge in [-0.3, -0.25) is 4.79 Å². The normalized spacial score (nSPS) is 13.8. The quantitative estimate of drug-likeness (QED) is 0.843. The van der Waals surface area contributed by atoms with Gasteiger partial charge in [0.2, 0.25) is 5.91 Å². The number of nitrogens with one attached hydrogen (secondary N) is 1. The van der Waals surface area contributed by atoms with E-state index < -0.39 is 6.04 Å². The van der Waals surface area contributed by atoms with Gasteiger partial charge < -0.3 is 15.6 Å². The highest BCUT2D eigenvalue weighted by Crippen LogP contribution is 2.09. The fourth-order valence-corrected chi connectivity index (χ4v) is 1.90. The predicted octanol–water partition coefficient (Wildman–Crippen LogP) is 1.09. The summed E-state index contributed by atoms with van der Waals surface area (Å²) in [6.45, 7) is 2.61. The molecule has 0 saturated carbocycles. The van der Waals surface area contributed by atoms with Crippen molar-refractivity contribution in [2.45, 2.75) is 25.6 Å². The number of hydrogen-bond donors (Lipinski definition) is 2. The van der Waals surface area contributed by atoms with Crippen molar-refractivity contribution < 1.29 is 4.79 Å². The first kappa shape index (κ1) is 13.3. The van der Waals surface area contributed by atoms with Crippen molar-refractivity contribution in [3.63, 3.8) is 0 Å². The number of aromatic nitrogens is 2. The van der Waals surface area contributed by atoms with Crippen LogP contribution in [-0.4, -0.2) is 21.5 Å². The van der Waals surface area contributed by atoms with E-state index in [1.807, 2.05) is 48.0 Å². The lowest BCUT2D eigenvalue weighted by Gasteiger charge is -2.18. The van der Waals surface area contributed by atoms with E-state index in [0.29, 0.717) is 6.54 Å². The number of hydrogen-bond acceptors (Lipinski definition) is 3. The molecule has 1 unspecified atom stereocenters. The molecule has 19 heavy (non-hydrogen) atoms. The van der Waals surface area contributed by atoms with Crippen LogP contribution >= 0.6 is 0 Å². The van der Waals surface area contributed by atoms with Gasteiger partial charge in [0.25, 0.3) is 0 Å². The van der Waals surface area contributed by atoms with Crippen LogP contribution in [0.1, 0.15) is 18.5 Å². The van der Waals surface area contributed by atoms with Crippen LogP contribution < -0.4 is 11.1 Å². The molecule has 1 amide bonds. The molecule has 0 aliphatic heterocycles. The first-order valence-electron chi connectivity index (χ1n) is 6.23. The Bertz CT molecular complexity index is 510. The van der Waals surface area contributed by atoms with Crippen molar-refractivity contribution in [3.05, 3.63) is 54.6 Å². The molecule has 0 saturated heterocycles. The van der Waals surface area contributed by atoms with Crippen LogP contribution in [0.25, 0.3) is 0 Å². The summed E-state index contributed by atoms with van der Waals surface area (Å²) in [4.78, 5) is 16.0. The van der Waals surface area contributed by atoms with Crippen molar-refractivity contribution in [2.75, 3.05) is 0 Å². The topological polar surface area (TPSA) is 72.9 Å². The van der Waals surface area contributed by atoms with Gasteiger partial charge in [0, 0.05) is 25.0 Å². The molecule has 3 N–H and O–H groups in total. The molecular weight excluding hydrogens is 240 g/mol. The van der Waals surface area contributed by atoms with E-state index >= 15 is 0 Å². The third-order valence-electron chi connectivity index (χ3n) is 2.87. The molecule has 1 aromatic heterocycles. The molecule has 2 aromatic rings. The maximum absolute atomic E-state index is 12.0. The molecule has 0 aliphatic carbocycles. The standard InChI is InChI=1S/C14H18N4O/c1-11(9-18-8-7-16-10-18)17-14(19)13(15)12-5-3-2-4-6-12/h2-8,10-11,13H,9,15H2,1H3,(H,17,19)/t11?,13-/m1/s1. The highest BCUT2D eigenvalue weighted by Gasteiger charge is 2.17. The van der Waals surface area contributed by atoms with Crippen molar-refractivity contribution in [1.29, 1.82) is 0 Å². The van der Waals surface area contributed by atoms with E-state index in [1.165, 1.54) is 0 Å². The molecule has 0 spiro atoms. The van der Waals surface area contributed by atoms with Crippen LogP contribution in [0.15, 0.2) is 49.1 Å². The number of nitrogens with two attached hydrogens (primary N) is 1. The minimum atomic E-state index is -0.633. The van der Waals surface area contributed by atoms with Gasteiger partial charge in [0.1, 0.15) is 6.04 Å². The second-order valence-electron chi connectivity index (χ2n) is 4.56. The van der Waals surface area contributed by atoms with Gasteiger partial charge in [0.05, 0.1) is 6.33 Å². The molecule has 0 radical (unpaired) electrons. The Labute approximate surface area is 112 Å². The molecule has 1 heterocycles. The maximum Gasteiger partial charge on any atom is 0.241 e. The summed E-state index contributed by atoms with van der Waals surface area (Å²) < 4.78 is 1.92. The Morgan fingerprint density at radius 2 is 2.16 bits per heavy atom. The minimum Gasteiger partial charge on any atom is -0.350 e. The smallest absolute Gasteiger partial charge is 0.241 e. The second-order valence-corrected chi connectivity index (χ2v) is 4.56. The minimum absolute atomic E-state index is 0.00328. The molecule has 100 valence electrons. The second kappa shape index (κ2) is 6.15. The van der Waals surface area contributed by atoms with Gasteiger partial charge in [-0.05, 0) is 12.5 Å². The van der Waals surface area contributed by atoms with Crippen LogP contribution in [0.5, 0.6) is 0 Å². The van der Waals surface area contributed by atoms with Gasteiger partial charge in [0.15, 0.2) is 0 Å². The lowest BCUT2D eigenvalue weighted by Crippen LogP contribution is -2.41. The molecule has 0 fully saturated rings.